The number of amides is 1. The largest absolute Gasteiger partial charge is 0.468 e. The van der Waals surface area contributed by atoms with Gasteiger partial charge in [-0.1, -0.05) is 13.0 Å². The summed E-state index contributed by atoms with van der Waals surface area (Å²) in [7, 11) is 1.50. The molecule has 3 saturated heterocycles. The van der Waals surface area contributed by atoms with Crippen LogP contribution in [0.3, 0.4) is 0 Å². The number of hydrogen-bond acceptors (Lipinski definition) is 10. The van der Waals surface area contributed by atoms with Crippen molar-refractivity contribution in [3.05, 3.63) is 65.6 Å². The normalized spacial score (nSPS) is 22.9. The topological polar surface area (TPSA) is 111 Å². The second-order valence-electron chi connectivity index (χ2n) is 15.1. The Labute approximate surface area is 317 Å². The Morgan fingerprint density at radius 3 is 2.58 bits per heavy atom. The molecular weight excluding hydrogens is 713 g/mol. The van der Waals surface area contributed by atoms with Crippen molar-refractivity contribution in [2.45, 2.75) is 77.2 Å². The van der Waals surface area contributed by atoms with E-state index in [0.717, 1.165) is 25.1 Å². The van der Waals surface area contributed by atoms with Crippen LogP contribution >= 0.6 is 0 Å². The van der Waals surface area contributed by atoms with Crippen molar-refractivity contribution in [3.63, 3.8) is 0 Å². The highest BCUT2D eigenvalue weighted by Crippen LogP contribution is 2.42. The molecule has 0 radical (unpaired) electrons. The van der Waals surface area contributed by atoms with Crippen LogP contribution in [0, 0.1) is 18.6 Å². The van der Waals surface area contributed by atoms with E-state index < -0.39 is 23.3 Å². The molecular formula is C40H45F3N8O4. The van der Waals surface area contributed by atoms with Gasteiger partial charge in [-0.05, 0) is 87.2 Å². The van der Waals surface area contributed by atoms with Gasteiger partial charge in [-0.25, -0.2) is 18.0 Å². The minimum absolute atomic E-state index is 0.0304. The van der Waals surface area contributed by atoms with Crippen LogP contribution < -0.4 is 14.4 Å². The fourth-order valence-corrected chi connectivity index (χ4v) is 8.91. The van der Waals surface area contributed by atoms with E-state index in [1.165, 1.54) is 24.1 Å². The number of aryl methyl sites for hydroxylation is 2. The number of aromatic nitrogens is 5. The van der Waals surface area contributed by atoms with Crippen molar-refractivity contribution < 1.29 is 32.2 Å². The number of carbonyl (C=O) groups is 1. The smallest absolute Gasteiger partial charge is 0.345 e. The summed E-state index contributed by atoms with van der Waals surface area (Å²) in [5.41, 5.74) is 0.937. The molecule has 3 aliphatic rings. The number of fused-ring (bicyclic) bond motifs is 3. The SMILES string of the molecule is CCc1c(F)ccc2cc(OCOC)cc(-c3ncc4c(N5C[C@@H](C)N(C(=O)n6ccc(C)n6)[C@H](C)C5)nc(OC[C@@]56CCCN5C[C@H](F)C6)nc4c3F)c12. The average Bonchev–Trinajstić information content (AvgIpc) is 3.86. The Bertz CT molecular complexity index is 2260. The summed E-state index contributed by atoms with van der Waals surface area (Å²) >= 11 is 0. The van der Waals surface area contributed by atoms with E-state index >= 15 is 8.78 Å². The van der Waals surface area contributed by atoms with Crippen LogP contribution in [-0.4, -0.2) is 111 Å². The molecule has 1 amide bonds. The predicted molar refractivity (Wildman–Crippen MR) is 201 cm³/mol. The Hall–Kier alpha value is -5.02. The molecule has 0 aliphatic carbocycles. The lowest BCUT2D eigenvalue weighted by molar-refractivity contribution is 0.0512. The summed E-state index contributed by atoms with van der Waals surface area (Å²) in [6.45, 7) is 9.56. The number of hydrogen-bond donors (Lipinski definition) is 0. The standard InChI is InChI=1S/C40H45F3N8O4/c1-6-29-32(42)9-8-26-14-28(55-22-53-5)15-30(33(26)29)35-34(43)36-31(17-44-35)37(46-38(45-36)54-21-40-11-7-12-49(40)20-27(41)16-40)48-18-24(3)51(25(4)19-48)39(52)50-13-10-23(2)47-50/h8-10,13-15,17,24-25,27H,6-7,11-12,16,18-22H2,1-5H3/t24-,25-,27-,40+/m1/s1. The summed E-state index contributed by atoms with van der Waals surface area (Å²) < 4.78 is 65.9. The molecule has 0 N–H and O–H groups in total. The fraction of sp³-hybridized carbons (Fsp3) is 0.475. The van der Waals surface area contributed by atoms with Gasteiger partial charge in [-0.2, -0.15) is 19.7 Å². The second-order valence-corrected chi connectivity index (χ2v) is 15.1. The molecule has 6 heterocycles. The van der Waals surface area contributed by atoms with Gasteiger partial charge in [0.25, 0.3) is 0 Å². The number of alkyl halides is 1. The molecule has 0 bridgehead atoms. The summed E-state index contributed by atoms with van der Waals surface area (Å²) in [6, 6.07) is 7.37. The fourth-order valence-electron chi connectivity index (χ4n) is 8.91. The van der Waals surface area contributed by atoms with Crippen molar-refractivity contribution in [2.24, 2.45) is 0 Å². The summed E-state index contributed by atoms with van der Waals surface area (Å²) in [6.07, 6.45) is 4.65. The van der Waals surface area contributed by atoms with Gasteiger partial charge >= 0.3 is 12.0 Å². The lowest BCUT2D eigenvalue weighted by Gasteiger charge is -2.44. The first-order valence-corrected chi connectivity index (χ1v) is 18.9. The molecule has 55 heavy (non-hydrogen) atoms. The molecule has 8 rings (SSSR count). The number of methoxy groups -OCH3 is 1. The van der Waals surface area contributed by atoms with Crippen molar-refractivity contribution in [1.29, 1.82) is 0 Å². The number of nitrogens with zero attached hydrogens (tertiary/aromatic N) is 8. The zero-order valence-electron chi connectivity index (χ0n) is 31.7. The van der Waals surface area contributed by atoms with Crippen LogP contribution in [0.5, 0.6) is 11.8 Å². The zero-order chi connectivity index (χ0) is 38.6. The van der Waals surface area contributed by atoms with Gasteiger partial charge < -0.3 is 24.0 Å². The third-order valence-corrected chi connectivity index (χ3v) is 11.3. The van der Waals surface area contributed by atoms with Gasteiger partial charge in [0.15, 0.2) is 12.6 Å². The number of carbonyl (C=O) groups excluding carboxylic acids is 1. The molecule has 290 valence electrons. The molecule has 0 spiro atoms. The predicted octanol–water partition coefficient (Wildman–Crippen LogP) is 6.70. The lowest BCUT2D eigenvalue weighted by Crippen LogP contribution is -2.60. The molecule has 15 heteroatoms. The van der Waals surface area contributed by atoms with Crippen LogP contribution in [-0.2, 0) is 11.2 Å². The number of pyridine rings is 1. The van der Waals surface area contributed by atoms with Crippen LogP contribution in [0.4, 0.5) is 23.8 Å². The number of piperazine rings is 1. The van der Waals surface area contributed by atoms with Gasteiger partial charge in [0.05, 0.1) is 16.6 Å². The van der Waals surface area contributed by atoms with Crippen molar-refractivity contribution in [2.75, 3.05) is 51.6 Å². The van der Waals surface area contributed by atoms with E-state index in [9.17, 15) is 9.18 Å². The van der Waals surface area contributed by atoms with E-state index in [2.05, 4.69) is 20.0 Å². The third kappa shape index (κ3) is 6.60. The van der Waals surface area contributed by atoms with Gasteiger partial charge in [-0.3, -0.25) is 9.88 Å². The molecule has 4 atom stereocenters. The van der Waals surface area contributed by atoms with Gasteiger partial charge in [0.2, 0.25) is 0 Å². The Morgan fingerprint density at radius 2 is 1.85 bits per heavy atom. The average molecular weight is 759 g/mol. The minimum atomic E-state index is -0.952. The maximum Gasteiger partial charge on any atom is 0.345 e. The molecule has 0 saturated carbocycles. The maximum atomic E-state index is 17.3. The van der Waals surface area contributed by atoms with Crippen molar-refractivity contribution in [3.8, 4) is 23.0 Å². The van der Waals surface area contributed by atoms with Gasteiger partial charge in [0, 0.05) is 63.2 Å². The van der Waals surface area contributed by atoms with Crippen molar-refractivity contribution >= 4 is 33.5 Å². The first-order valence-electron chi connectivity index (χ1n) is 18.9. The Balaban J connectivity index is 1.24. The molecule has 2 aromatic carbocycles. The summed E-state index contributed by atoms with van der Waals surface area (Å²) in [4.78, 5) is 33.7. The molecule has 3 aliphatic heterocycles. The van der Waals surface area contributed by atoms with Crippen LogP contribution in [0.15, 0.2) is 42.7 Å². The quantitative estimate of drug-likeness (QED) is 0.151. The second kappa shape index (κ2) is 14.6. The molecule has 3 aromatic heterocycles. The van der Waals surface area contributed by atoms with E-state index in [1.54, 1.807) is 35.4 Å². The number of anilines is 1. The van der Waals surface area contributed by atoms with E-state index in [-0.39, 0.29) is 48.7 Å². The van der Waals surface area contributed by atoms with Crippen molar-refractivity contribution in [1.82, 2.24) is 34.5 Å². The van der Waals surface area contributed by atoms with E-state index in [4.69, 9.17) is 19.2 Å². The minimum Gasteiger partial charge on any atom is -0.468 e. The van der Waals surface area contributed by atoms with E-state index in [0.29, 0.717) is 71.3 Å². The molecule has 3 fully saturated rings. The van der Waals surface area contributed by atoms with E-state index in [1.807, 2.05) is 32.6 Å². The van der Waals surface area contributed by atoms with Gasteiger partial charge in [0.1, 0.15) is 41.4 Å². The third-order valence-electron chi connectivity index (χ3n) is 11.3. The first kappa shape index (κ1) is 36.9. The van der Waals surface area contributed by atoms with Crippen LogP contribution in [0.25, 0.3) is 32.9 Å². The zero-order valence-corrected chi connectivity index (χ0v) is 31.7. The Kier molecular flexibility index (Phi) is 9.78. The highest BCUT2D eigenvalue weighted by atomic mass is 19.1. The highest BCUT2D eigenvalue weighted by Gasteiger charge is 2.49. The molecule has 5 aromatic rings. The number of benzene rings is 2. The summed E-state index contributed by atoms with van der Waals surface area (Å²) in [5, 5.41) is 5.84. The highest BCUT2D eigenvalue weighted by molar-refractivity contribution is 6.02. The number of ether oxygens (including phenoxy) is 3. The lowest BCUT2D eigenvalue weighted by atomic mass is 9.94. The van der Waals surface area contributed by atoms with Crippen LogP contribution in [0.2, 0.25) is 0 Å². The van der Waals surface area contributed by atoms with Gasteiger partial charge in [-0.15, -0.1) is 0 Å². The first-order chi connectivity index (χ1) is 26.5. The Morgan fingerprint density at radius 1 is 1.05 bits per heavy atom. The summed E-state index contributed by atoms with van der Waals surface area (Å²) in [5.74, 6) is -0.349. The number of halogens is 3. The number of rotatable bonds is 9. The molecule has 12 nitrogen and oxygen atoms in total. The maximum absolute atomic E-state index is 17.3. The molecule has 0 unspecified atom stereocenters. The monoisotopic (exact) mass is 758 g/mol. The van der Waals surface area contributed by atoms with Crippen LogP contribution in [0.1, 0.15) is 51.3 Å².